The molecule has 0 amide bonds. The molecule has 10 heteroatoms. The van der Waals surface area contributed by atoms with Gasteiger partial charge < -0.3 is 9.47 Å². The second-order valence-electron chi connectivity index (χ2n) is 5.84. The smallest absolute Gasteiger partial charge is 0.265 e. The van der Waals surface area contributed by atoms with E-state index in [1.54, 1.807) is 48.8 Å². The molecular formula is C20H20Cl2N6O2. The van der Waals surface area contributed by atoms with Crippen LogP contribution in [0.3, 0.4) is 0 Å². The molecule has 0 aliphatic heterocycles. The Morgan fingerprint density at radius 3 is 2.17 bits per heavy atom. The van der Waals surface area contributed by atoms with Gasteiger partial charge >= 0.3 is 0 Å². The van der Waals surface area contributed by atoms with Gasteiger partial charge in [-0.1, -0.05) is 23.2 Å². The van der Waals surface area contributed by atoms with Crippen molar-refractivity contribution in [2.45, 2.75) is 13.8 Å². The van der Waals surface area contributed by atoms with E-state index < -0.39 is 0 Å². The number of hydrogen-bond acceptors (Lipinski definition) is 7. The Hall–Kier alpha value is -3.10. The number of halogens is 2. The predicted octanol–water partition coefficient (Wildman–Crippen LogP) is 4.71. The minimum atomic E-state index is 0.322. The molecule has 0 bridgehead atoms. The van der Waals surface area contributed by atoms with Crippen LogP contribution in [0.15, 0.2) is 52.9 Å². The summed E-state index contributed by atoms with van der Waals surface area (Å²) in [4.78, 5) is 0. The molecule has 1 N–H and O–H groups in total. The molecule has 1 aromatic heterocycles. The van der Waals surface area contributed by atoms with E-state index in [9.17, 15) is 0 Å². The number of hydrazone groups is 1. The van der Waals surface area contributed by atoms with E-state index in [1.807, 2.05) is 13.8 Å². The number of aromatic nitrogens is 3. The Morgan fingerprint density at radius 2 is 1.57 bits per heavy atom. The zero-order valence-electron chi connectivity index (χ0n) is 16.4. The number of rotatable bonds is 9. The van der Waals surface area contributed by atoms with Crippen LogP contribution in [0.1, 0.15) is 25.0 Å². The molecule has 0 aliphatic rings. The number of nitrogens with one attached hydrogen (secondary N) is 1. The fourth-order valence-electron chi connectivity index (χ4n) is 2.49. The first-order chi connectivity index (χ1) is 14.6. The van der Waals surface area contributed by atoms with Crippen molar-refractivity contribution < 1.29 is 9.47 Å². The number of nitrogens with zero attached hydrogens (tertiary/aromatic N) is 5. The molecule has 0 saturated carbocycles. The van der Waals surface area contributed by atoms with Crippen LogP contribution in [0.5, 0.6) is 11.5 Å². The van der Waals surface area contributed by atoms with Crippen LogP contribution in [0.25, 0.3) is 0 Å². The molecule has 0 aliphatic carbocycles. The molecule has 0 saturated heterocycles. The third-order valence-corrected chi connectivity index (χ3v) is 4.23. The highest BCUT2D eigenvalue weighted by molar-refractivity contribution is 6.31. The monoisotopic (exact) mass is 446 g/mol. The lowest BCUT2D eigenvalue weighted by molar-refractivity contribution is 0.339. The van der Waals surface area contributed by atoms with Gasteiger partial charge in [0.1, 0.15) is 17.8 Å². The van der Waals surface area contributed by atoms with Crippen molar-refractivity contribution >= 4 is 41.6 Å². The van der Waals surface area contributed by atoms with Gasteiger partial charge in [0, 0.05) is 21.2 Å². The number of anilines is 1. The van der Waals surface area contributed by atoms with Crippen molar-refractivity contribution in [3.05, 3.63) is 63.9 Å². The van der Waals surface area contributed by atoms with Gasteiger partial charge in [-0.3, -0.25) is 0 Å². The quantitative estimate of drug-likeness (QED) is 0.379. The maximum Gasteiger partial charge on any atom is 0.265 e. The normalized spacial score (nSPS) is 11.3. The average molecular weight is 447 g/mol. The highest BCUT2D eigenvalue weighted by Gasteiger charge is 2.05. The average Bonchev–Trinajstić information content (AvgIpc) is 3.17. The zero-order valence-corrected chi connectivity index (χ0v) is 17.9. The summed E-state index contributed by atoms with van der Waals surface area (Å²) in [6.07, 6.45) is 4.65. The summed E-state index contributed by atoms with van der Waals surface area (Å²) in [6.45, 7) is 4.88. The van der Waals surface area contributed by atoms with Gasteiger partial charge in [-0.2, -0.15) is 14.9 Å². The zero-order chi connectivity index (χ0) is 21.3. The number of ether oxygens (including phenoxy) is 2. The van der Waals surface area contributed by atoms with Crippen LogP contribution >= 0.6 is 23.2 Å². The maximum atomic E-state index is 6.08. The SMILES string of the molecule is CCOc1ccc(Cl)cc1/C=N\n1cnnc1N/N=C/c1cc(Cl)ccc1OCC. The van der Waals surface area contributed by atoms with Gasteiger partial charge in [0.05, 0.1) is 25.6 Å². The molecule has 0 radical (unpaired) electrons. The van der Waals surface area contributed by atoms with E-state index in [-0.39, 0.29) is 0 Å². The van der Waals surface area contributed by atoms with E-state index in [1.165, 1.54) is 11.0 Å². The summed E-state index contributed by atoms with van der Waals surface area (Å²) in [5, 5.41) is 17.5. The molecule has 0 fully saturated rings. The molecule has 30 heavy (non-hydrogen) atoms. The van der Waals surface area contributed by atoms with Crippen molar-refractivity contribution in [3.63, 3.8) is 0 Å². The topological polar surface area (TPSA) is 85.9 Å². The third-order valence-electron chi connectivity index (χ3n) is 3.76. The van der Waals surface area contributed by atoms with Crippen LogP contribution in [-0.2, 0) is 0 Å². The van der Waals surface area contributed by atoms with Crippen molar-refractivity contribution in [2.75, 3.05) is 18.6 Å². The Labute approximate surface area is 184 Å². The molecule has 3 aromatic rings. The fraction of sp³-hybridized carbons (Fsp3) is 0.200. The van der Waals surface area contributed by atoms with Gasteiger partial charge in [-0.05, 0) is 50.2 Å². The van der Waals surface area contributed by atoms with Crippen molar-refractivity contribution in [1.29, 1.82) is 0 Å². The van der Waals surface area contributed by atoms with Gasteiger partial charge in [0.2, 0.25) is 0 Å². The van der Waals surface area contributed by atoms with E-state index in [2.05, 4.69) is 25.8 Å². The minimum absolute atomic E-state index is 0.322. The standard InChI is InChI=1S/C20H20Cl2N6O2/c1-3-29-18-7-5-16(21)9-14(18)11-23-26-20-27-24-13-28(20)25-12-15-10-17(22)6-8-19(15)30-4-2/h5-13H,3-4H2,1-2H3,(H,26,27)/b23-11+,25-12-. The first-order valence-electron chi connectivity index (χ1n) is 9.18. The summed E-state index contributed by atoms with van der Waals surface area (Å²) in [6, 6.07) is 10.6. The van der Waals surface area contributed by atoms with Crippen LogP contribution in [0.4, 0.5) is 5.95 Å². The Bertz CT molecular complexity index is 1050. The van der Waals surface area contributed by atoms with E-state index in [4.69, 9.17) is 32.7 Å². The van der Waals surface area contributed by atoms with Gasteiger partial charge in [-0.15, -0.1) is 10.2 Å². The summed E-state index contributed by atoms with van der Waals surface area (Å²) in [5.74, 6) is 1.68. The highest BCUT2D eigenvalue weighted by Crippen LogP contribution is 2.22. The van der Waals surface area contributed by atoms with Crippen molar-refractivity contribution in [2.24, 2.45) is 10.2 Å². The second-order valence-corrected chi connectivity index (χ2v) is 6.72. The molecule has 2 aromatic carbocycles. The minimum Gasteiger partial charge on any atom is -0.493 e. The molecule has 0 spiro atoms. The lowest BCUT2D eigenvalue weighted by Gasteiger charge is -2.07. The van der Waals surface area contributed by atoms with E-state index >= 15 is 0 Å². The lowest BCUT2D eigenvalue weighted by atomic mass is 10.2. The summed E-state index contributed by atoms with van der Waals surface area (Å²) >= 11 is 12.1. The number of benzene rings is 2. The maximum absolute atomic E-state index is 6.08. The third kappa shape index (κ3) is 5.71. The largest absolute Gasteiger partial charge is 0.493 e. The summed E-state index contributed by atoms with van der Waals surface area (Å²) in [7, 11) is 0. The van der Waals surface area contributed by atoms with E-state index in [0.29, 0.717) is 40.7 Å². The van der Waals surface area contributed by atoms with E-state index in [0.717, 1.165) is 11.1 Å². The van der Waals surface area contributed by atoms with Crippen LogP contribution in [0, 0.1) is 0 Å². The van der Waals surface area contributed by atoms with Crippen molar-refractivity contribution in [1.82, 2.24) is 14.9 Å². The summed E-state index contributed by atoms with van der Waals surface area (Å²) < 4.78 is 12.6. The first-order valence-corrected chi connectivity index (χ1v) is 9.94. The van der Waals surface area contributed by atoms with Gasteiger partial charge in [0.15, 0.2) is 0 Å². The fourth-order valence-corrected chi connectivity index (χ4v) is 2.85. The second kappa shape index (κ2) is 10.6. The molecule has 0 unspecified atom stereocenters. The molecule has 156 valence electrons. The Balaban J connectivity index is 1.76. The number of hydrogen-bond donors (Lipinski definition) is 1. The van der Waals surface area contributed by atoms with Gasteiger partial charge in [0.25, 0.3) is 5.95 Å². The summed E-state index contributed by atoms with van der Waals surface area (Å²) in [5.41, 5.74) is 4.26. The molecule has 1 heterocycles. The molecule has 3 rings (SSSR count). The lowest BCUT2D eigenvalue weighted by Crippen LogP contribution is -2.01. The van der Waals surface area contributed by atoms with Crippen LogP contribution in [0.2, 0.25) is 10.0 Å². The Kier molecular flexibility index (Phi) is 7.64. The van der Waals surface area contributed by atoms with Crippen molar-refractivity contribution in [3.8, 4) is 11.5 Å². The molecule has 8 nitrogen and oxygen atoms in total. The Morgan fingerprint density at radius 1 is 0.967 bits per heavy atom. The molecular weight excluding hydrogens is 427 g/mol. The van der Waals surface area contributed by atoms with Crippen LogP contribution < -0.4 is 14.9 Å². The molecule has 0 atom stereocenters. The first kappa shape index (κ1) is 21.6. The van der Waals surface area contributed by atoms with Gasteiger partial charge in [-0.25, -0.2) is 5.43 Å². The highest BCUT2D eigenvalue weighted by atomic mass is 35.5. The predicted molar refractivity (Wildman–Crippen MR) is 119 cm³/mol. The van der Waals surface area contributed by atoms with Crippen LogP contribution in [-0.4, -0.2) is 40.5 Å².